The molecule has 0 bridgehead atoms. The van der Waals surface area contributed by atoms with Gasteiger partial charge in [0.2, 0.25) is 0 Å². The van der Waals surface area contributed by atoms with Crippen LogP contribution in [0.3, 0.4) is 0 Å². The lowest BCUT2D eigenvalue weighted by Gasteiger charge is -1.98. The second-order valence-electron chi connectivity index (χ2n) is 2.25. The zero-order valence-electron chi connectivity index (χ0n) is 6.09. The molecular formula is C8H10BrNS. The van der Waals surface area contributed by atoms with Gasteiger partial charge in [0.25, 0.3) is 0 Å². The summed E-state index contributed by atoms with van der Waals surface area (Å²) >= 11 is 4.80. The molecule has 0 heterocycles. The molecule has 0 fully saturated rings. The molecule has 0 aliphatic rings. The van der Waals surface area contributed by atoms with E-state index in [0.29, 0.717) is 0 Å². The number of rotatable bonds is 3. The Bertz CT molecular complexity index is 227. The maximum atomic E-state index is 5.32. The molecule has 0 aliphatic carbocycles. The average molecular weight is 232 g/mol. The smallest absolute Gasteiger partial charge is 0.0178 e. The molecule has 0 aliphatic heterocycles. The molecule has 0 saturated carbocycles. The Hall–Kier alpha value is 0.01000. The first kappa shape index (κ1) is 9.10. The Kier molecular flexibility index (Phi) is 3.97. The number of aryl methyl sites for hydroxylation is 1. The first-order valence-corrected chi connectivity index (χ1v) is 5.23. The third kappa shape index (κ3) is 3.27. The van der Waals surface area contributed by atoms with Gasteiger partial charge in [0.15, 0.2) is 0 Å². The quantitative estimate of drug-likeness (QED) is 0.810. The second-order valence-corrected chi connectivity index (χ2v) is 3.91. The summed E-state index contributed by atoms with van der Waals surface area (Å²) in [5.74, 6) is 0.983. The van der Waals surface area contributed by atoms with Crippen molar-refractivity contribution >= 4 is 27.9 Å². The fourth-order valence-electron chi connectivity index (χ4n) is 0.869. The molecule has 1 aromatic rings. The number of halogens is 1. The van der Waals surface area contributed by atoms with Crippen LogP contribution < -0.4 is 5.14 Å². The fourth-order valence-corrected chi connectivity index (χ4v) is 1.67. The van der Waals surface area contributed by atoms with Crippen LogP contribution in [-0.4, -0.2) is 5.75 Å². The van der Waals surface area contributed by atoms with Gasteiger partial charge in [0, 0.05) is 10.2 Å². The maximum absolute atomic E-state index is 5.32. The summed E-state index contributed by atoms with van der Waals surface area (Å²) in [6, 6.07) is 8.30. The highest BCUT2D eigenvalue weighted by Crippen LogP contribution is 2.12. The largest absolute Gasteiger partial charge is 0.278 e. The number of benzene rings is 1. The minimum Gasteiger partial charge on any atom is -0.278 e. The van der Waals surface area contributed by atoms with Crippen LogP contribution in [0.25, 0.3) is 0 Å². The van der Waals surface area contributed by atoms with Crippen molar-refractivity contribution in [3.05, 3.63) is 34.3 Å². The highest BCUT2D eigenvalue weighted by Gasteiger charge is 1.92. The summed E-state index contributed by atoms with van der Waals surface area (Å²) < 4.78 is 1.14. The third-order valence-electron chi connectivity index (χ3n) is 1.40. The van der Waals surface area contributed by atoms with E-state index >= 15 is 0 Å². The molecule has 60 valence electrons. The molecule has 0 aromatic heterocycles. The Morgan fingerprint density at radius 2 is 2.27 bits per heavy atom. The summed E-state index contributed by atoms with van der Waals surface area (Å²) in [5.41, 5.74) is 1.33. The fraction of sp³-hybridized carbons (Fsp3) is 0.250. The molecule has 11 heavy (non-hydrogen) atoms. The lowest BCUT2D eigenvalue weighted by molar-refractivity contribution is 1.15. The van der Waals surface area contributed by atoms with Gasteiger partial charge in [-0.3, -0.25) is 5.14 Å². The molecule has 0 spiro atoms. The summed E-state index contributed by atoms with van der Waals surface area (Å²) in [6.07, 6.45) is 1.04. The Morgan fingerprint density at radius 3 is 2.91 bits per heavy atom. The zero-order valence-corrected chi connectivity index (χ0v) is 8.49. The summed E-state index contributed by atoms with van der Waals surface area (Å²) in [4.78, 5) is 0. The van der Waals surface area contributed by atoms with Crippen molar-refractivity contribution in [2.75, 3.05) is 5.75 Å². The van der Waals surface area contributed by atoms with Crippen molar-refractivity contribution < 1.29 is 0 Å². The molecule has 1 aromatic carbocycles. The van der Waals surface area contributed by atoms with Crippen LogP contribution in [0.2, 0.25) is 0 Å². The van der Waals surface area contributed by atoms with Gasteiger partial charge in [-0.15, -0.1) is 0 Å². The van der Waals surface area contributed by atoms with E-state index in [-0.39, 0.29) is 0 Å². The molecule has 0 radical (unpaired) electrons. The minimum absolute atomic E-state index is 0.983. The van der Waals surface area contributed by atoms with Crippen molar-refractivity contribution in [2.45, 2.75) is 6.42 Å². The lowest BCUT2D eigenvalue weighted by Crippen LogP contribution is -1.91. The van der Waals surface area contributed by atoms with Gasteiger partial charge in [-0.05, 0) is 24.1 Å². The second kappa shape index (κ2) is 4.80. The standard InChI is InChI=1S/C8H10BrNS/c9-8-3-1-2-7(6-8)4-5-11-10/h1-3,6H,4-5,10H2. The molecular weight excluding hydrogens is 222 g/mol. The molecule has 1 rings (SSSR count). The van der Waals surface area contributed by atoms with E-state index in [0.717, 1.165) is 16.6 Å². The first-order chi connectivity index (χ1) is 5.33. The monoisotopic (exact) mass is 231 g/mol. The van der Waals surface area contributed by atoms with Gasteiger partial charge < -0.3 is 0 Å². The summed E-state index contributed by atoms with van der Waals surface area (Å²) in [7, 11) is 0. The topological polar surface area (TPSA) is 26.0 Å². The van der Waals surface area contributed by atoms with Gasteiger partial charge in [0.1, 0.15) is 0 Å². The highest BCUT2D eigenvalue weighted by molar-refractivity contribution is 9.10. The van der Waals surface area contributed by atoms with Crippen molar-refractivity contribution in [1.29, 1.82) is 0 Å². The normalized spacial score (nSPS) is 10.0. The molecule has 0 unspecified atom stereocenters. The first-order valence-electron chi connectivity index (χ1n) is 3.39. The number of hydrogen-bond acceptors (Lipinski definition) is 2. The van der Waals surface area contributed by atoms with E-state index in [1.54, 1.807) is 0 Å². The molecule has 0 atom stereocenters. The van der Waals surface area contributed by atoms with Crippen LogP contribution >= 0.6 is 27.9 Å². The van der Waals surface area contributed by atoms with Crippen LogP contribution in [0.15, 0.2) is 28.7 Å². The Labute approximate surface area is 79.6 Å². The third-order valence-corrected chi connectivity index (χ3v) is 2.33. The number of nitrogens with two attached hydrogens (primary N) is 1. The van der Waals surface area contributed by atoms with Crippen molar-refractivity contribution in [3.63, 3.8) is 0 Å². The van der Waals surface area contributed by atoms with E-state index < -0.39 is 0 Å². The van der Waals surface area contributed by atoms with Crippen LogP contribution in [0, 0.1) is 0 Å². The average Bonchev–Trinajstić information content (AvgIpc) is 2.01. The van der Waals surface area contributed by atoms with Gasteiger partial charge in [-0.2, -0.15) is 0 Å². The highest BCUT2D eigenvalue weighted by atomic mass is 79.9. The lowest BCUT2D eigenvalue weighted by atomic mass is 10.2. The van der Waals surface area contributed by atoms with E-state index in [4.69, 9.17) is 5.14 Å². The van der Waals surface area contributed by atoms with Crippen molar-refractivity contribution in [1.82, 2.24) is 0 Å². The van der Waals surface area contributed by atoms with Gasteiger partial charge in [-0.25, -0.2) is 0 Å². The van der Waals surface area contributed by atoms with E-state index in [9.17, 15) is 0 Å². The summed E-state index contributed by atoms with van der Waals surface area (Å²) in [6.45, 7) is 0. The Balaban J connectivity index is 2.56. The van der Waals surface area contributed by atoms with E-state index in [1.165, 1.54) is 17.5 Å². The van der Waals surface area contributed by atoms with Crippen LogP contribution in [0.5, 0.6) is 0 Å². The molecule has 3 heteroatoms. The summed E-state index contributed by atoms with van der Waals surface area (Å²) in [5, 5.41) is 5.32. The Morgan fingerprint density at radius 1 is 1.45 bits per heavy atom. The number of hydrogen-bond donors (Lipinski definition) is 1. The van der Waals surface area contributed by atoms with E-state index in [1.807, 2.05) is 12.1 Å². The predicted molar refractivity (Wildman–Crippen MR) is 54.5 cm³/mol. The maximum Gasteiger partial charge on any atom is 0.0178 e. The van der Waals surface area contributed by atoms with Gasteiger partial charge in [0.05, 0.1) is 0 Å². The van der Waals surface area contributed by atoms with Crippen LogP contribution in [-0.2, 0) is 6.42 Å². The predicted octanol–water partition coefficient (Wildman–Crippen LogP) is 2.60. The minimum atomic E-state index is 0.983. The molecule has 1 nitrogen and oxygen atoms in total. The van der Waals surface area contributed by atoms with Crippen molar-refractivity contribution in [3.8, 4) is 0 Å². The van der Waals surface area contributed by atoms with Gasteiger partial charge in [-0.1, -0.05) is 40.0 Å². The molecule has 0 saturated heterocycles. The van der Waals surface area contributed by atoms with Crippen LogP contribution in [0.4, 0.5) is 0 Å². The zero-order chi connectivity index (χ0) is 8.10. The molecule has 0 amide bonds. The van der Waals surface area contributed by atoms with Crippen molar-refractivity contribution in [2.24, 2.45) is 5.14 Å². The van der Waals surface area contributed by atoms with E-state index in [2.05, 4.69) is 28.1 Å². The van der Waals surface area contributed by atoms with Crippen LogP contribution in [0.1, 0.15) is 5.56 Å². The molecule has 2 N–H and O–H groups in total. The van der Waals surface area contributed by atoms with Gasteiger partial charge >= 0.3 is 0 Å². The SMILES string of the molecule is NSCCc1cccc(Br)c1.